The van der Waals surface area contributed by atoms with Crippen molar-refractivity contribution in [1.29, 1.82) is 5.26 Å². The molecule has 15 nitrogen and oxygen atoms in total. The number of nitrogens with one attached hydrogen (secondary N) is 2. The summed E-state index contributed by atoms with van der Waals surface area (Å²) in [6.45, 7) is 5.00. The zero-order valence-electron chi connectivity index (χ0n) is 31.6. The molecule has 1 saturated carbocycles. The zero-order chi connectivity index (χ0) is 40.5. The van der Waals surface area contributed by atoms with Gasteiger partial charge >= 0.3 is 0 Å². The molecule has 0 bridgehead atoms. The van der Waals surface area contributed by atoms with E-state index < -0.39 is 29.4 Å². The molecule has 0 spiro atoms. The van der Waals surface area contributed by atoms with Gasteiger partial charge in [0.1, 0.15) is 23.3 Å². The highest BCUT2D eigenvalue weighted by molar-refractivity contribution is 6.31. The van der Waals surface area contributed by atoms with Crippen LogP contribution in [0.4, 0.5) is 15.9 Å². The second-order valence-electron chi connectivity index (χ2n) is 15.3. The molecule has 1 aliphatic carbocycles. The van der Waals surface area contributed by atoms with E-state index in [0.717, 1.165) is 70.0 Å². The lowest BCUT2D eigenvalue weighted by molar-refractivity contribution is -0.129. The van der Waals surface area contributed by atoms with E-state index in [1.807, 2.05) is 17.0 Å². The van der Waals surface area contributed by atoms with Crippen LogP contribution in [0.25, 0.3) is 0 Å². The Labute approximate surface area is 338 Å². The molecule has 0 atom stereocenters. The topological polar surface area (TPSA) is 181 Å². The number of amides is 5. The zero-order valence-corrected chi connectivity index (χ0v) is 32.3. The Hall–Kier alpha value is -5.92. The second-order valence-corrected chi connectivity index (χ2v) is 15.7. The van der Waals surface area contributed by atoms with Gasteiger partial charge in [0.05, 0.1) is 33.5 Å². The van der Waals surface area contributed by atoms with Crippen LogP contribution in [0.5, 0.6) is 5.75 Å². The van der Waals surface area contributed by atoms with Gasteiger partial charge in [-0.25, -0.2) is 9.29 Å². The number of halogens is 2. The van der Waals surface area contributed by atoms with Gasteiger partial charge in [0.25, 0.3) is 23.6 Å². The number of imide groups is 2. The van der Waals surface area contributed by atoms with Gasteiger partial charge in [-0.3, -0.25) is 34.2 Å². The van der Waals surface area contributed by atoms with Gasteiger partial charge in [-0.15, -0.1) is 10.2 Å². The van der Waals surface area contributed by atoms with E-state index in [0.29, 0.717) is 53.3 Å². The molecular formula is C41H41ClFN9O6. The van der Waals surface area contributed by atoms with Gasteiger partial charge in [-0.2, -0.15) is 5.26 Å². The highest BCUT2D eigenvalue weighted by Gasteiger charge is 2.42. The minimum absolute atomic E-state index is 0.00402. The Morgan fingerprint density at radius 1 is 0.897 bits per heavy atom. The molecule has 2 aromatic carbocycles. The maximum atomic E-state index is 15.4. The molecule has 5 amide bonds. The van der Waals surface area contributed by atoms with Crippen LogP contribution in [-0.2, 0) is 9.59 Å². The molecule has 17 heteroatoms. The third-order valence-corrected chi connectivity index (χ3v) is 11.9. The monoisotopic (exact) mass is 809 g/mol. The molecule has 8 rings (SSSR count). The van der Waals surface area contributed by atoms with Gasteiger partial charge in [0.15, 0.2) is 11.5 Å². The molecule has 300 valence electrons. The third-order valence-electron chi connectivity index (χ3n) is 11.6. The van der Waals surface area contributed by atoms with Crippen LogP contribution in [0.3, 0.4) is 0 Å². The maximum absolute atomic E-state index is 15.4. The molecule has 1 aromatic heterocycles. The highest BCUT2D eigenvalue weighted by Crippen LogP contribution is 2.34. The number of nitrogens with zero attached hydrogens (tertiary/aromatic N) is 7. The molecule has 5 aliphatic rings. The lowest BCUT2D eigenvalue weighted by Gasteiger charge is -2.39. The number of rotatable bonds is 9. The molecule has 2 saturated heterocycles. The van der Waals surface area contributed by atoms with E-state index in [1.54, 1.807) is 24.3 Å². The smallest absolute Gasteiger partial charge is 0.274 e. The van der Waals surface area contributed by atoms with Crippen molar-refractivity contribution in [2.24, 2.45) is 5.92 Å². The average Bonchev–Trinajstić information content (AvgIpc) is 3.46. The lowest BCUT2D eigenvalue weighted by Crippen LogP contribution is -2.49. The Bertz CT molecular complexity index is 2220. The summed E-state index contributed by atoms with van der Waals surface area (Å²) < 4.78 is 21.5. The predicted molar refractivity (Wildman–Crippen MR) is 209 cm³/mol. The van der Waals surface area contributed by atoms with Crippen molar-refractivity contribution in [2.75, 3.05) is 55.6 Å². The number of benzene rings is 2. The summed E-state index contributed by atoms with van der Waals surface area (Å²) in [6, 6.07) is 13.1. The molecule has 58 heavy (non-hydrogen) atoms. The molecule has 0 unspecified atom stereocenters. The number of hydrogen-bond donors (Lipinski definition) is 2. The van der Waals surface area contributed by atoms with E-state index in [4.69, 9.17) is 21.6 Å². The SMILES string of the molecule is N#Cc1ccc(O[C@H]2CC[C@H](NC(=O)c3ccc(N4CCC(CN5CCN(c6cc7c(cc6F)C(=O)N(C6=CCC(=O)NC6=O)C7=O)CC5)CC4)nn3)CC2)cc1Cl. The fourth-order valence-corrected chi connectivity index (χ4v) is 8.57. The summed E-state index contributed by atoms with van der Waals surface area (Å²) in [4.78, 5) is 70.3. The van der Waals surface area contributed by atoms with Crippen LogP contribution in [0.1, 0.15) is 81.7 Å². The Morgan fingerprint density at radius 2 is 1.62 bits per heavy atom. The van der Waals surface area contributed by atoms with Crippen LogP contribution in [0.15, 0.2) is 54.2 Å². The van der Waals surface area contributed by atoms with E-state index >= 15 is 4.39 Å². The van der Waals surface area contributed by atoms with Gasteiger partial charge in [-0.05, 0) is 86.9 Å². The number of piperazine rings is 1. The number of nitriles is 1. The molecule has 3 fully saturated rings. The third kappa shape index (κ3) is 8.09. The fourth-order valence-electron chi connectivity index (χ4n) is 8.36. The summed E-state index contributed by atoms with van der Waals surface area (Å²) in [6.07, 6.45) is 6.10. The van der Waals surface area contributed by atoms with E-state index in [-0.39, 0.29) is 52.7 Å². The van der Waals surface area contributed by atoms with Crippen molar-refractivity contribution in [2.45, 2.75) is 57.1 Å². The normalized spacial score (nSPS) is 21.7. The van der Waals surface area contributed by atoms with Crippen LogP contribution < -0.4 is 25.2 Å². The Morgan fingerprint density at radius 3 is 2.28 bits per heavy atom. The fraction of sp³-hybridized carbons (Fsp3) is 0.415. The number of aromatic nitrogens is 2. The van der Waals surface area contributed by atoms with Gasteiger partial charge < -0.3 is 19.9 Å². The highest BCUT2D eigenvalue weighted by atomic mass is 35.5. The first-order chi connectivity index (χ1) is 28.0. The first-order valence-electron chi connectivity index (χ1n) is 19.5. The number of fused-ring (bicyclic) bond motifs is 1. The summed E-state index contributed by atoms with van der Waals surface area (Å²) in [7, 11) is 0. The first kappa shape index (κ1) is 38.9. The van der Waals surface area contributed by atoms with E-state index in [9.17, 15) is 24.0 Å². The van der Waals surface area contributed by atoms with Crippen molar-refractivity contribution < 1.29 is 33.1 Å². The number of ether oxygens (including phenoxy) is 1. The minimum Gasteiger partial charge on any atom is -0.490 e. The summed E-state index contributed by atoms with van der Waals surface area (Å²) >= 11 is 6.14. The molecule has 2 N–H and O–H groups in total. The molecule has 0 radical (unpaired) electrons. The quantitative estimate of drug-likeness (QED) is 0.299. The van der Waals surface area contributed by atoms with Crippen molar-refractivity contribution in [3.05, 3.63) is 87.5 Å². The van der Waals surface area contributed by atoms with Crippen molar-refractivity contribution >= 4 is 52.6 Å². The van der Waals surface area contributed by atoms with Crippen molar-refractivity contribution in [3.8, 4) is 11.8 Å². The van der Waals surface area contributed by atoms with Crippen LogP contribution >= 0.6 is 11.6 Å². The molecular weight excluding hydrogens is 769 g/mol. The van der Waals surface area contributed by atoms with Gasteiger partial charge in [0.2, 0.25) is 5.91 Å². The number of anilines is 2. The minimum atomic E-state index is -0.843. The predicted octanol–water partition coefficient (Wildman–Crippen LogP) is 3.83. The van der Waals surface area contributed by atoms with Crippen LogP contribution in [-0.4, -0.2) is 107 Å². The Balaban J connectivity index is 0.767. The van der Waals surface area contributed by atoms with Crippen LogP contribution in [0, 0.1) is 23.1 Å². The van der Waals surface area contributed by atoms with E-state index in [2.05, 4.69) is 30.6 Å². The van der Waals surface area contributed by atoms with E-state index in [1.165, 1.54) is 12.1 Å². The molecule has 5 heterocycles. The summed E-state index contributed by atoms with van der Waals surface area (Å²) in [5, 5.41) is 23.3. The first-order valence-corrected chi connectivity index (χ1v) is 19.9. The maximum Gasteiger partial charge on any atom is 0.274 e. The summed E-state index contributed by atoms with van der Waals surface area (Å²) in [5.74, 6) is -1.93. The summed E-state index contributed by atoms with van der Waals surface area (Å²) in [5.41, 5.74) is 0.595. The van der Waals surface area contributed by atoms with Gasteiger partial charge in [-0.1, -0.05) is 11.6 Å². The molecule has 4 aliphatic heterocycles. The van der Waals surface area contributed by atoms with Crippen molar-refractivity contribution in [3.63, 3.8) is 0 Å². The average molecular weight is 810 g/mol. The number of carbonyl (C=O) groups excluding carboxylic acids is 5. The lowest BCUT2D eigenvalue weighted by atomic mass is 9.93. The number of hydrogen-bond acceptors (Lipinski definition) is 12. The molecule has 3 aromatic rings. The Kier molecular flexibility index (Phi) is 11.1. The number of carbonyl (C=O) groups is 5. The number of piperidine rings is 1. The van der Waals surface area contributed by atoms with Gasteiger partial charge in [0, 0.05) is 64.3 Å². The van der Waals surface area contributed by atoms with Crippen LogP contribution in [0.2, 0.25) is 5.02 Å². The standard InChI is InChI=1S/C41H41ClFN9O6/c42-31-19-28(4-1-25(31)22-44)58-27-5-2-26(3-6-27)45-38(54)33-7-9-36(48-47-33)51-13-11-24(12-14-51)23-49-15-17-50(18-16-49)35-21-30-29(20-32(35)43)40(56)52(41(30)57)34-8-10-37(53)46-39(34)55/h1,4,7-9,19-21,24,26-27H,2-3,5-6,10-18,23H2,(H,45,54)(H,46,53,55)/t26-,27-. The largest absolute Gasteiger partial charge is 0.490 e. The van der Waals surface area contributed by atoms with Crippen molar-refractivity contribution in [1.82, 2.24) is 30.6 Å². The second kappa shape index (κ2) is 16.5.